The Morgan fingerprint density at radius 1 is 1.21 bits per heavy atom. The molecule has 0 fully saturated rings. The Morgan fingerprint density at radius 2 is 2.04 bits per heavy atom. The normalized spacial score (nSPS) is 12.8. The van der Waals surface area contributed by atoms with Gasteiger partial charge in [0, 0.05) is 6.42 Å². The number of aromatic amines is 1. The smallest absolute Gasteiger partial charge is 0.239 e. The highest BCUT2D eigenvalue weighted by atomic mass is 32.2. The highest BCUT2D eigenvalue weighted by Gasteiger charge is 2.17. The highest BCUT2D eigenvalue weighted by Crippen LogP contribution is 2.31. The summed E-state index contributed by atoms with van der Waals surface area (Å²) in [5, 5.41) is 11.8. The second-order valence-electron chi connectivity index (χ2n) is 5.31. The summed E-state index contributed by atoms with van der Waals surface area (Å²) in [4.78, 5) is 8.85. The molecule has 1 atom stereocenters. The molecular weight excluding hydrogens is 322 g/mol. The lowest BCUT2D eigenvalue weighted by Gasteiger charge is -2.00. The molecule has 0 aliphatic carbocycles. The third-order valence-electron chi connectivity index (χ3n) is 3.30. The molecule has 0 spiro atoms. The Balaban J connectivity index is 1.61. The topological polar surface area (TPSA) is 80.5 Å². The van der Waals surface area contributed by atoms with Crippen LogP contribution in [0.1, 0.15) is 48.6 Å². The second-order valence-corrected chi connectivity index (χ2v) is 6.61. The van der Waals surface area contributed by atoms with Crippen molar-refractivity contribution in [3.63, 3.8) is 0 Å². The first-order valence-corrected chi connectivity index (χ1v) is 8.77. The summed E-state index contributed by atoms with van der Waals surface area (Å²) in [7, 11) is 0. The Morgan fingerprint density at radius 3 is 2.83 bits per heavy atom. The van der Waals surface area contributed by atoms with Gasteiger partial charge in [0.25, 0.3) is 0 Å². The number of aryl methyl sites for hydroxylation is 1. The largest absolute Gasteiger partial charge is 0.338 e. The fourth-order valence-corrected chi connectivity index (χ4v) is 2.85. The van der Waals surface area contributed by atoms with E-state index in [0.717, 1.165) is 24.2 Å². The number of nitrogens with one attached hydrogen (secondary N) is 1. The number of aromatic nitrogens is 5. The number of benzene rings is 1. The van der Waals surface area contributed by atoms with Gasteiger partial charge in [0.1, 0.15) is 5.82 Å². The van der Waals surface area contributed by atoms with Gasteiger partial charge in [0.2, 0.25) is 11.0 Å². The van der Waals surface area contributed by atoms with Crippen molar-refractivity contribution in [1.82, 2.24) is 25.3 Å². The molecule has 124 valence electrons. The zero-order chi connectivity index (χ0) is 16.8. The van der Waals surface area contributed by atoms with Gasteiger partial charge in [-0.1, -0.05) is 60.3 Å². The molecule has 7 heteroatoms. The van der Waals surface area contributed by atoms with Crippen LogP contribution < -0.4 is 0 Å². The lowest BCUT2D eigenvalue weighted by Crippen LogP contribution is -1.91. The summed E-state index contributed by atoms with van der Waals surface area (Å²) in [6.45, 7) is 4.09. The van der Waals surface area contributed by atoms with Gasteiger partial charge in [-0.15, -0.1) is 5.10 Å². The molecule has 0 saturated heterocycles. The summed E-state index contributed by atoms with van der Waals surface area (Å²) < 4.78 is 5.30. The van der Waals surface area contributed by atoms with E-state index in [1.54, 1.807) is 0 Å². The third-order valence-corrected chi connectivity index (χ3v) is 4.25. The average Bonchev–Trinajstić information content (AvgIpc) is 3.24. The van der Waals surface area contributed by atoms with Gasteiger partial charge in [0.15, 0.2) is 5.82 Å². The van der Waals surface area contributed by atoms with Crippen molar-refractivity contribution in [3.05, 3.63) is 53.4 Å². The van der Waals surface area contributed by atoms with Crippen molar-refractivity contribution >= 4 is 23.9 Å². The molecule has 24 heavy (non-hydrogen) atoms. The molecule has 0 aliphatic rings. The van der Waals surface area contributed by atoms with E-state index >= 15 is 0 Å². The molecule has 6 nitrogen and oxygen atoms in total. The van der Waals surface area contributed by atoms with Gasteiger partial charge in [-0.2, -0.15) is 4.98 Å². The lowest BCUT2D eigenvalue weighted by molar-refractivity contribution is 0.374. The summed E-state index contributed by atoms with van der Waals surface area (Å²) in [5.74, 6) is 2.07. The van der Waals surface area contributed by atoms with E-state index < -0.39 is 0 Å². The molecule has 2 heterocycles. The van der Waals surface area contributed by atoms with Crippen molar-refractivity contribution in [2.75, 3.05) is 0 Å². The fraction of sp³-hybridized carbons (Fsp3) is 0.294. The predicted molar refractivity (Wildman–Crippen MR) is 94.3 cm³/mol. The van der Waals surface area contributed by atoms with Gasteiger partial charge < -0.3 is 4.52 Å². The molecule has 0 saturated carbocycles. The first-order valence-electron chi connectivity index (χ1n) is 7.89. The summed E-state index contributed by atoms with van der Waals surface area (Å²) in [6.07, 6.45) is 5.73. The Kier molecular flexibility index (Phi) is 5.43. The van der Waals surface area contributed by atoms with Crippen molar-refractivity contribution in [2.45, 2.75) is 37.1 Å². The van der Waals surface area contributed by atoms with Crippen LogP contribution in [0.4, 0.5) is 0 Å². The summed E-state index contributed by atoms with van der Waals surface area (Å²) in [5.41, 5.74) is 1.12. The molecule has 1 N–H and O–H groups in total. The first kappa shape index (κ1) is 16.4. The van der Waals surface area contributed by atoms with Crippen molar-refractivity contribution < 1.29 is 4.52 Å². The standard InChI is InChI=1S/C17H19N5OS/c1-3-7-15-18-16(23-22-15)12(2)24-17-19-14(20-21-17)11-10-13-8-5-4-6-9-13/h4-6,8-12H,3,7H2,1-2H3,(H,19,20,21). The van der Waals surface area contributed by atoms with Crippen LogP contribution in [0.5, 0.6) is 0 Å². The quantitative estimate of drug-likeness (QED) is 0.650. The van der Waals surface area contributed by atoms with Crippen molar-refractivity contribution in [2.24, 2.45) is 0 Å². The molecule has 0 bridgehead atoms. The predicted octanol–water partition coefficient (Wildman–Crippen LogP) is 4.16. The van der Waals surface area contributed by atoms with Gasteiger partial charge in [0.05, 0.1) is 5.25 Å². The first-order chi connectivity index (χ1) is 11.7. The highest BCUT2D eigenvalue weighted by molar-refractivity contribution is 7.99. The van der Waals surface area contributed by atoms with E-state index in [1.165, 1.54) is 11.8 Å². The molecule has 1 aromatic carbocycles. The Hall–Kier alpha value is -2.41. The minimum atomic E-state index is 0.00450. The summed E-state index contributed by atoms with van der Waals surface area (Å²) >= 11 is 1.49. The second kappa shape index (κ2) is 7.92. The summed E-state index contributed by atoms with van der Waals surface area (Å²) in [6, 6.07) is 10.1. The fourth-order valence-electron chi connectivity index (χ4n) is 2.09. The number of nitrogens with zero attached hydrogens (tertiary/aromatic N) is 4. The van der Waals surface area contributed by atoms with E-state index in [9.17, 15) is 0 Å². The van der Waals surface area contributed by atoms with E-state index in [2.05, 4.69) is 32.2 Å². The van der Waals surface area contributed by atoms with E-state index in [-0.39, 0.29) is 5.25 Å². The van der Waals surface area contributed by atoms with Crippen LogP contribution in [0, 0.1) is 0 Å². The molecule has 0 amide bonds. The molecule has 0 aliphatic heterocycles. The van der Waals surface area contributed by atoms with Gasteiger partial charge in [-0.05, 0) is 25.0 Å². The number of hydrogen-bond donors (Lipinski definition) is 1. The zero-order valence-corrected chi connectivity index (χ0v) is 14.5. The number of rotatable bonds is 7. The Bertz CT molecular complexity index is 796. The van der Waals surface area contributed by atoms with Crippen LogP contribution in [-0.2, 0) is 6.42 Å². The average molecular weight is 341 g/mol. The maximum atomic E-state index is 5.30. The number of thioether (sulfide) groups is 1. The molecule has 1 unspecified atom stereocenters. The number of hydrogen-bond acceptors (Lipinski definition) is 6. The molecular formula is C17H19N5OS. The van der Waals surface area contributed by atoms with E-state index in [0.29, 0.717) is 16.9 Å². The minimum absolute atomic E-state index is 0.00450. The molecule has 2 aromatic heterocycles. The Labute approximate surface area is 144 Å². The van der Waals surface area contributed by atoms with Crippen LogP contribution in [0.2, 0.25) is 0 Å². The molecule has 3 rings (SSSR count). The van der Waals surface area contributed by atoms with Gasteiger partial charge >= 0.3 is 0 Å². The minimum Gasteiger partial charge on any atom is -0.338 e. The number of H-pyrrole nitrogens is 1. The van der Waals surface area contributed by atoms with Crippen LogP contribution in [-0.4, -0.2) is 25.3 Å². The maximum Gasteiger partial charge on any atom is 0.239 e. The van der Waals surface area contributed by atoms with Crippen molar-refractivity contribution in [1.29, 1.82) is 0 Å². The molecule has 3 aromatic rings. The van der Waals surface area contributed by atoms with Crippen LogP contribution >= 0.6 is 11.8 Å². The van der Waals surface area contributed by atoms with E-state index in [4.69, 9.17) is 4.52 Å². The van der Waals surface area contributed by atoms with Gasteiger partial charge in [-0.3, -0.25) is 5.10 Å². The zero-order valence-electron chi connectivity index (χ0n) is 13.6. The van der Waals surface area contributed by atoms with E-state index in [1.807, 2.05) is 49.4 Å². The maximum absolute atomic E-state index is 5.30. The third kappa shape index (κ3) is 4.32. The lowest BCUT2D eigenvalue weighted by atomic mass is 10.2. The monoisotopic (exact) mass is 341 g/mol. The van der Waals surface area contributed by atoms with Crippen LogP contribution in [0.15, 0.2) is 40.0 Å². The van der Waals surface area contributed by atoms with Gasteiger partial charge in [-0.25, -0.2) is 4.98 Å². The van der Waals surface area contributed by atoms with Crippen LogP contribution in [0.25, 0.3) is 12.2 Å². The van der Waals surface area contributed by atoms with Crippen LogP contribution in [0.3, 0.4) is 0 Å². The molecule has 0 radical (unpaired) electrons. The van der Waals surface area contributed by atoms with Crippen molar-refractivity contribution in [3.8, 4) is 0 Å². The SMILES string of the molecule is CCCc1noc(C(C)Sc2n[nH]c(C=Cc3ccccc3)n2)n1.